The normalized spacial score (nSPS) is 12.4. The molecule has 0 fully saturated rings. The van der Waals surface area contributed by atoms with Crippen LogP contribution < -0.4 is 5.73 Å². The molecule has 2 aromatic carbocycles. The number of rotatable bonds is 4. The lowest BCUT2D eigenvalue weighted by Crippen LogP contribution is -2.26. The van der Waals surface area contributed by atoms with E-state index in [0.717, 1.165) is 10.9 Å². The third kappa shape index (κ3) is 4.15. The van der Waals surface area contributed by atoms with Gasteiger partial charge in [0.15, 0.2) is 0 Å². The Morgan fingerprint density at radius 3 is 2.42 bits per heavy atom. The number of benzene rings is 2. The van der Waals surface area contributed by atoms with E-state index < -0.39 is 0 Å². The van der Waals surface area contributed by atoms with Crippen LogP contribution in [-0.2, 0) is 12.8 Å². The number of hydrogen-bond acceptors (Lipinski definition) is 1. The Balaban J connectivity index is 2.01. The molecule has 0 spiro atoms. The van der Waals surface area contributed by atoms with Crippen LogP contribution in [0.15, 0.2) is 46.9 Å². The minimum Gasteiger partial charge on any atom is -0.327 e. The molecular weight excluding hydrogens is 305 g/mol. The molecule has 2 N–H and O–H groups in total. The first-order valence-electron chi connectivity index (χ1n) is 6.29. The predicted molar refractivity (Wildman–Crippen MR) is 80.7 cm³/mol. The van der Waals surface area contributed by atoms with Crippen LogP contribution in [0.25, 0.3) is 0 Å². The third-order valence-corrected chi connectivity index (χ3v) is 3.61. The molecule has 2 rings (SSSR count). The fourth-order valence-corrected chi connectivity index (χ4v) is 2.40. The maximum Gasteiger partial charge on any atom is 0.127 e. The van der Waals surface area contributed by atoms with E-state index in [1.807, 2.05) is 6.07 Å². The average molecular weight is 322 g/mol. The first-order valence-corrected chi connectivity index (χ1v) is 7.09. The molecule has 0 aliphatic rings. The first kappa shape index (κ1) is 14.2. The van der Waals surface area contributed by atoms with Crippen molar-refractivity contribution in [3.63, 3.8) is 0 Å². The Morgan fingerprint density at radius 2 is 1.79 bits per heavy atom. The zero-order valence-electron chi connectivity index (χ0n) is 10.9. The molecular formula is C16H17BrFN. The molecule has 0 aromatic heterocycles. The van der Waals surface area contributed by atoms with E-state index in [1.165, 1.54) is 17.2 Å². The maximum atomic E-state index is 13.7. The summed E-state index contributed by atoms with van der Waals surface area (Å²) in [6, 6.07) is 13.3. The fourth-order valence-electron chi connectivity index (χ4n) is 2.07. The number of nitrogens with two attached hydrogens (primary N) is 1. The average Bonchev–Trinajstić information content (AvgIpc) is 2.36. The summed E-state index contributed by atoms with van der Waals surface area (Å²) < 4.78 is 14.5. The van der Waals surface area contributed by atoms with Gasteiger partial charge in [-0.1, -0.05) is 51.8 Å². The van der Waals surface area contributed by atoms with Crippen molar-refractivity contribution in [1.29, 1.82) is 0 Å². The molecule has 2 aromatic rings. The molecule has 3 heteroatoms. The van der Waals surface area contributed by atoms with E-state index in [0.29, 0.717) is 12.0 Å². The summed E-state index contributed by atoms with van der Waals surface area (Å²) in [5.74, 6) is -0.200. The minimum atomic E-state index is -0.200. The van der Waals surface area contributed by atoms with Gasteiger partial charge in [-0.25, -0.2) is 4.39 Å². The smallest absolute Gasteiger partial charge is 0.127 e. The van der Waals surface area contributed by atoms with Gasteiger partial charge >= 0.3 is 0 Å². The Bertz CT molecular complexity index is 551. The Labute approximate surface area is 121 Å². The summed E-state index contributed by atoms with van der Waals surface area (Å²) in [6.45, 7) is 2.06. The number of hydrogen-bond donors (Lipinski definition) is 1. The Kier molecular flexibility index (Phi) is 4.72. The molecule has 0 saturated heterocycles. The Hall–Kier alpha value is -1.19. The van der Waals surface area contributed by atoms with Crippen molar-refractivity contribution in [3.05, 3.63) is 69.4 Å². The lowest BCUT2D eigenvalue weighted by Gasteiger charge is -2.13. The van der Waals surface area contributed by atoms with E-state index in [9.17, 15) is 4.39 Å². The summed E-state index contributed by atoms with van der Waals surface area (Å²) in [7, 11) is 0. The SMILES string of the molecule is Cc1ccc(CC(N)Cc2ccc(Br)cc2F)cc1. The van der Waals surface area contributed by atoms with E-state index in [-0.39, 0.29) is 11.9 Å². The largest absolute Gasteiger partial charge is 0.327 e. The monoisotopic (exact) mass is 321 g/mol. The second-order valence-electron chi connectivity index (χ2n) is 4.89. The molecule has 1 nitrogen and oxygen atoms in total. The van der Waals surface area contributed by atoms with Gasteiger partial charge < -0.3 is 5.73 Å². The third-order valence-electron chi connectivity index (χ3n) is 3.12. The van der Waals surface area contributed by atoms with Crippen LogP contribution in [0.3, 0.4) is 0 Å². The fraction of sp³-hybridized carbons (Fsp3) is 0.250. The van der Waals surface area contributed by atoms with Gasteiger partial charge in [0, 0.05) is 10.5 Å². The highest BCUT2D eigenvalue weighted by Crippen LogP contribution is 2.17. The molecule has 0 aliphatic carbocycles. The van der Waals surface area contributed by atoms with Crippen LogP contribution in [0.2, 0.25) is 0 Å². The summed E-state index contributed by atoms with van der Waals surface area (Å²) >= 11 is 3.25. The molecule has 1 atom stereocenters. The van der Waals surface area contributed by atoms with Crippen LogP contribution >= 0.6 is 15.9 Å². The molecule has 0 bridgehead atoms. The van der Waals surface area contributed by atoms with Crippen molar-refractivity contribution in [2.75, 3.05) is 0 Å². The highest BCUT2D eigenvalue weighted by atomic mass is 79.9. The maximum absolute atomic E-state index is 13.7. The van der Waals surface area contributed by atoms with Crippen molar-refractivity contribution in [2.45, 2.75) is 25.8 Å². The zero-order chi connectivity index (χ0) is 13.8. The van der Waals surface area contributed by atoms with Gasteiger partial charge in [0.2, 0.25) is 0 Å². The van der Waals surface area contributed by atoms with Gasteiger partial charge in [0.25, 0.3) is 0 Å². The summed E-state index contributed by atoms with van der Waals surface area (Å²) in [5, 5.41) is 0. The zero-order valence-corrected chi connectivity index (χ0v) is 12.5. The highest BCUT2D eigenvalue weighted by molar-refractivity contribution is 9.10. The van der Waals surface area contributed by atoms with Crippen LogP contribution in [0.5, 0.6) is 0 Å². The van der Waals surface area contributed by atoms with E-state index in [2.05, 4.69) is 47.1 Å². The van der Waals surface area contributed by atoms with Crippen LogP contribution in [0.4, 0.5) is 4.39 Å². The predicted octanol–water partition coefficient (Wildman–Crippen LogP) is 4.01. The standard InChI is InChI=1S/C16H17BrFN/c1-11-2-4-12(5-3-11)8-15(19)9-13-6-7-14(17)10-16(13)18/h2-7,10,15H,8-9,19H2,1H3. The number of halogens is 2. The summed E-state index contributed by atoms with van der Waals surface area (Å²) in [5.41, 5.74) is 9.20. The van der Waals surface area contributed by atoms with Crippen LogP contribution in [0, 0.1) is 12.7 Å². The second-order valence-corrected chi connectivity index (χ2v) is 5.81. The Morgan fingerprint density at radius 1 is 1.11 bits per heavy atom. The molecule has 0 radical (unpaired) electrons. The highest BCUT2D eigenvalue weighted by Gasteiger charge is 2.09. The van der Waals surface area contributed by atoms with E-state index in [4.69, 9.17) is 5.73 Å². The van der Waals surface area contributed by atoms with Crippen LogP contribution in [-0.4, -0.2) is 6.04 Å². The lowest BCUT2D eigenvalue weighted by molar-refractivity contribution is 0.583. The van der Waals surface area contributed by atoms with Gasteiger partial charge in [0.1, 0.15) is 5.82 Å². The minimum absolute atomic E-state index is 0.0709. The molecule has 19 heavy (non-hydrogen) atoms. The van der Waals surface area contributed by atoms with Crippen molar-refractivity contribution in [1.82, 2.24) is 0 Å². The molecule has 0 saturated carbocycles. The molecule has 0 heterocycles. The van der Waals surface area contributed by atoms with Crippen molar-refractivity contribution in [2.24, 2.45) is 5.73 Å². The number of aryl methyl sites for hydroxylation is 1. The molecule has 1 unspecified atom stereocenters. The van der Waals surface area contributed by atoms with Crippen molar-refractivity contribution >= 4 is 15.9 Å². The van der Waals surface area contributed by atoms with Crippen LogP contribution in [0.1, 0.15) is 16.7 Å². The second kappa shape index (κ2) is 6.31. The van der Waals surface area contributed by atoms with E-state index >= 15 is 0 Å². The van der Waals surface area contributed by atoms with Gasteiger partial charge in [-0.2, -0.15) is 0 Å². The topological polar surface area (TPSA) is 26.0 Å². The summed E-state index contributed by atoms with van der Waals surface area (Å²) in [4.78, 5) is 0. The lowest BCUT2D eigenvalue weighted by atomic mass is 9.99. The van der Waals surface area contributed by atoms with Crippen molar-refractivity contribution in [3.8, 4) is 0 Å². The summed E-state index contributed by atoms with van der Waals surface area (Å²) in [6.07, 6.45) is 1.31. The van der Waals surface area contributed by atoms with E-state index in [1.54, 1.807) is 6.07 Å². The molecule has 0 aliphatic heterocycles. The van der Waals surface area contributed by atoms with Gasteiger partial charge in [0.05, 0.1) is 0 Å². The molecule has 0 amide bonds. The van der Waals surface area contributed by atoms with Crippen molar-refractivity contribution < 1.29 is 4.39 Å². The van der Waals surface area contributed by atoms with Gasteiger partial charge in [-0.15, -0.1) is 0 Å². The van der Waals surface area contributed by atoms with Gasteiger partial charge in [-0.05, 0) is 43.0 Å². The first-order chi connectivity index (χ1) is 9.04. The quantitative estimate of drug-likeness (QED) is 0.904. The molecule has 100 valence electrons. The van der Waals surface area contributed by atoms with Gasteiger partial charge in [-0.3, -0.25) is 0 Å².